The van der Waals surface area contributed by atoms with Gasteiger partial charge in [-0.1, -0.05) is 18.2 Å². The highest BCUT2D eigenvalue weighted by molar-refractivity contribution is 6.05. The second kappa shape index (κ2) is 3.69. The first kappa shape index (κ1) is 10.2. The maximum Gasteiger partial charge on any atom is 0.276 e. The quantitative estimate of drug-likeness (QED) is 0.493. The molecular formula is C11H12N4O. The number of para-hydroxylation sites is 1. The highest BCUT2D eigenvalue weighted by Crippen LogP contribution is 2.15. The number of fused-ring (bicyclic) bond motifs is 1. The molecule has 0 unspecified atom stereocenters. The zero-order chi connectivity index (χ0) is 11.7. The van der Waals surface area contributed by atoms with Crippen molar-refractivity contribution in [3.8, 4) is 0 Å². The number of nitrogens with two attached hydrogens (primary N) is 1. The molecule has 0 saturated heterocycles. The van der Waals surface area contributed by atoms with Crippen molar-refractivity contribution in [2.24, 2.45) is 5.73 Å². The van der Waals surface area contributed by atoms with E-state index in [1.165, 1.54) is 7.05 Å². The molecule has 0 radical (unpaired) electrons. The Morgan fingerprint density at radius 1 is 1.44 bits per heavy atom. The smallest absolute Gasteiger partial charge is 0.276 e. The predicted molar refractivity (Wildman–Crippen MR) is 62.3 cm³/mol. The van der Waals surface area contributed by atoms with Crippen molar-refractivity contribution >= 4 is 22.8 Å². The van der Waals surface area contributed by atoms with Gasteiger partial charge in [0.15, 0.2) is 5.96 Å². The fourth-order valence-electron chi connectivity index (χ4n) is 1.48. The van der Waals surface area contributed by atoms with Crippen LogP contribution in [-0.2, 0) is 0 Å². The number of carbonyl (C=O) groups is 1. The van der Waals surface area contributed by atoms with Gasteiger partial charge in [0.25, 0.3) is 5.91 Å². The van der Waals surface area contributed by atoms with E-state index in [1.807, 2.05) is 24.3 Å². The summed E-state index contributed by atoms with van der Waals surface area (Å²) in [5, 5.41) is 8.14. The lowest BCUT2D eigenvalue weighted by molar-refractivity contribution is 0.0864. The van der Waals surface area contributed by atoms with Crippen LogP contribution < -0.4 is 5.73 Å². The Bertz CT molecular complexity index is 525. The molecule has 5 nitrogen and oxygen atoms in total. The first-order chi connectivity index (χ1) is 7.59. The number of hydrogen-bond acceptors (Lipinski definition) is 2. The Labute approximate surface area is 92.4 Å². The Morgan fingerprint density at radius 3 is 2.75 bits per heavy atom. The maximum atomic E-state index is 11.8. The second-order valence-electron chi connectivity index (χ2n) is 3.52. The lowest BCUT2D eigenvalue weighted by Gasteiger charge is -2.12. The van der Waals surface area contributed by atoms with Crippen LogP contribution in [0.5, 0.6) is 0 Å². The number of carbonyl (C=O) groups excluding carboxylic acids is 1. The lowest BCUT2D eigenvalue weighted by Crippen LogP contribution is -2.38. The van der Waals surface area contributed by atoms with Crippen LogP contribution in [0.1, 0.15) is 10.5 Å². The van der Waals surface area contributed by atoms with E-state index in [0.717, 1.165) is 15.8 Å². The molecule has 1 heterocycles. The zero-order valence-electron chi connectivity index (χ0n) is 8.82. The Morgan fingerprint density at radius 2 is 2.12 bits per heavy atom. The van der Waals surface area contributed by atoms with Crippen LogP contribution >= 0.6 is 0 Å². The van der Waals surface area contributed by atoms with Crippen LogP contribution in [0.3, 0.4) is 0 Å². The topological polar surface area (TPSA) is 86.0 Å². The number of nitrogens with zero attached hydrogens (tertiary/aromatic N) is 1. The van der Waals surface area contributed by atoms with E-state index in [2.05, 4.69) is 4.98 Å². The Balaban J connectivity index is 2.41. The summed E-state index contributed by atoms with van der Waals surface area (Å²) in [6.07, 6.45) is 0. The van der Waals surface area contributed by atoms with Crippen molar-refractivity contribution < 1.29 is 4.79 Å². The van der Waals surface area contributed by atoms with Gasteiger partial charge < -0.3 is 10.7 Å². The first-order valence-electron chi connectivity index (χ1n) is 4.79. The molecule has 0 bridgehead atoms. The molecule has 0 aliphatic rings. The molecule has 4 N–H and O–H groups in total. The molecule has 1 amide bonds. The molecule has 0 spiro atoms. The third-order valence-corrected chi connectivity index (χ3v) is 2.43. The number of rotatable bonds is 1. The molecule has 0 aliphatic carbocycles. The Hall–Kier alpha value is -2.30. The van der Waals surface area contributed by atoms with Crippen molar-refractivity contribution in [2.75, 3.05) is 7.05 Å². The highest BCUT2D eigenvalue weighted by atomic mass is 16.2. The lowest BCUT2D eigenvalue weighted by atomic mass is 10.2. The van der Waals surface area contributed by atoms with Gasteiger partial charge in [-0.25, -0.2) is 0 Å². The van der Waals surface area contributed by atoms with Crippen molar-refractivity contribution in [1.29, 1.82) is 5.41 Å². The largest absolute Gasteiger partial charge is 0.370 e. The molecular weight excluding hydrogens is 204 g/mol. The van der Waals surface area contributed by atoms with Gasteiger partial charge in [0.1, 0.15) is 5.69 Å². The first-order valence-corrected chi connectivity index (χ1v) is 4.79. The van der Waals surface area contributed by atoms with Gasteiger partial charge in [0.05, 0.1) is 0 Å². The van der Waals surface area contributed by atoms with Crippen LogP contribution in [0.4, 0.5) is 0 Å². The van der Waals surface area contributed by atoms with Gasteiger partial charge in [-0.05, 0) is 12.1 Å². The number of aromatic amines is 1. The summed E-state index contributed by atoms with van der Waals surface area (Å²) in [6, 6.07) is 9.34. The van der Waals surface area contributed by atoms with Crippen molar-refractivity contribution in [2.45, 2.75) is 0 Å². The average molecular weight is 216 g/mol. The fourth-order valence-corrected chi connectivity index (χ4v) is 1.48. The maximum absolute atomic E-state index is 11.8. The van der Waals surface area contributed by atoms with Gasteiger partial charge in [-0.15, -0.1) is 0 Å². The summed E-state index contributed by atoms with van der Waals surface area (Å²) in [7, 11) is 1.47. The number of nitrogens with one attached hydrogen (secondary N) is 2. The molecule has 5 heteroatoms. The molecule has 16 heavy (non-hydrogen) atoms. The molecule has 0 atom stereocenters. The molecule has 82 valence electrons. The minimum atomic E-state index is -0.316. The summed E-state index contributed by atoms with van der Waals surface area (Å²) >= 11 is 0. The van der Waals surface area contributed by atoms with E-state index in [4.69, 9.17) is 11.1 Å². The number of hydrogen-bond donors (Lipinski definition) is 3. The number of aromatic nitrogens is 1. The van der Waals surface area contributed by atoms with Crippen LogP contribution in [0, 0.1) is 5.41 Å². The van der Waals surface area contributed by atoms with Crippen LogP contribution in [0.2, 0.25) is 0 Å². The molecule has 0 aliphatic heterocycles. The summed E-state index contributed by atoms with van der Waals surface area (Å²) in [6.45, 7) is 0. The van der Waals surface area contributed by atoms with Gasteiger partial charge >= 0.3 is 0 Å². The molecule has 2 aromatic rings. The van der Waals surface area contributed by atoms with E-state index in [-0.39, 0.29) is 11.9 Å². The summed E-state index contributed by atoms with van der Waals surface area (Å²) in [4.78, 5) is 15.9. The van der Waals surface area contributed by atoms with Crippen LogP contribution in [0.15, 0.2) is 30.3 Å². The number of guanidine groups is 1. The van der Waals surface area contributed by atoms with Gasteiger partial charge in [-0.2, -0.15) is 0 Å². The third-order valence-electron chi connectivity index (χ3n) is 2.43. The molecule has 0 fully saturated rings. The van der Waals surface area contributed by atoms with Gasteiger partial charge in [0.2, 0.25) is 0 Å². The number of amides is 1. The van der Waals surface area contributed by atoms with E-state index >= 15 is 0 Å². The highest BCUT2D eigenvalue weighted by Gasteiger charge is 2.15. The van der Waals surface area contributed by atoms with Gasteiger partial charge in [-0.3, -0.25) is 15.1 Å². The Kier molecular flexibility index (Phi) is 2.36. The van der Waals surface area contributed by atoms with Crippen molar-refractivity contribution in [3.05, 3.63) is 36.0 Å². The molecule has 1 aromatic heterocycles. The molecule has 1 aromatic carbocycles. The fraction of sp³-hybridized carbons (Fsp3) is 0.0909. The van der Waals surface area contributed by atoms with Gasteiger partial charge in [0, 0.05) is 18.0 Å². The van der Waals surface area contributed by atoms with Crippen LogP contribution in [0.25, 0.3) is 10.9 Å². The van der Waals surface area contributed by atoms with E-state index < -0.39 is 0 Å². The average Bonchev–Trinajstić information content (AvgIpc) is 2.70. The minimum Gasteiger partial charge on any atom is -0.370 e. The SMILES string of the molecule is CN(C(=N)N)C(=O)c1cc2ccccc2[nH]1. The second-order valence-corrected chi connectivity index (χ2v) is 3.52. The number of benzene rings is 1. The summed E-state index contributed by atoms with van der Waals surface area (Å²) in [5.41, 5.74) is 6.56. The number of H-pyrrole nitrogens is 1. The van der Waals surface area contributed by atoms with E-state index in [1.54, 1.807) is 6.07 Å². The zero-order valence-corrected chi connectivity index (χ0v) is 8.82. The monoisotopic (exact) mass is 216 g/mol. The van der Waals surface area contributed by atoms with Crippen molar-refractivity contribution in [1.82, 2.24) is 9.88 Å². The predicted octanol–water partition coefficient (Wildman–Crippen LogP) is 1.13. The summed E-state index contributed by atoms with van der Waals surface area (Å²) < 4.78 is 0. The van der Waals surface area contributed by atoms with E-state index in [0.29, 0.717) is 5.69 Å². The molecule has 0 saturated carbocycles. The van der Waals surface area contributed by atoms with Crippen LogP contribution in [-0.4, -0.2) is 28.8 Å². The normalized spacial score (nSPS) is 10.3. The third kappa shape index (κ3) is 1.63. The van der Waals surface area contributed by atoms with E-state index in [9.17, 15) is 4.79 Å². The standard InChI is InChI=1S/C11H12N4O/c1-15(11(12)13)10(16)9-6-7-4-2-3-5-8(7)14-9/h2-6,14H,1H3,(H3,12,13). The summed E-state index contributed by atoms with van der Waals surface area (Å²) in [5.74, 6) is -0.590. The minimum absolute atomic E-state index is 0.274. The van der Waals surface area contributed by atoms with Crippen molar-refractivity contribution in [3.63, 3.8) is 0 Å². The molecule has 2 rings (SSSR count).